The Morgan fingerprint density at radius 2 is 1.86 bits per heavy atom. The van der Waals surface area contributed by atoms with Crippen LogP contribution in [0.3, 0.4) is 0 Å². The van der Waals surface area contributed by atoms with Crippen molar-refractivity contribution in [3.63, 3.8) is 0 Å². The number of furan rings is 1. The third-order valence-electron chi connectivity index (χ3n) is 3.09. The molecule has 2 aromatic rings. The van der Waals surface area contributed by atoms with Gasteiger partial charge in [-0.1, -0.05) is 0 Å². The van der Waals surface area contributed by atoms with Gasteiger partial charge >= 0.3 is 0 Å². The second kappa shape index (κ2) is 6.69. The molecule has 0 aliphatic heterocycles. The summed E-state index contributed by atoms with van der Waals surface area (Å²) in [5, 5.41) is 5.46. The Balaban J connectivity index is 1.89. The first-order valence-electron chi connectivity index (χ1n) is 6.61. The van der Waals surface area contributed by atoms with E-state index in [1.54, 1.807) is 25.4 Å². The molecule has 2 unspecified atom stereocenters. The van der Waals surface area contributed by atoms with Crippen molar-refractivity contribution in [3.05, 3.63) is 54.2 Å². The average molecular weight is 287 g/mol. The molecule has 2 aromatic heterocycles. The number of aromatic nitrogens is 1. The molecule has 2 N–H and O–H groups in total. The van der Waals surface area contributed by atoms with Crippen molar-refractivity contribution in [2.24, 2.45) is 0 Å². The van der Waals surface area contributed by atoms with Crippen LogP contribution in [0.1, 0.15) is 35.8 Å². The molecule has 0 spiro atoms. The minimum absolute atomic E-state index is 0.159. The highest BCUT2D eigenvalue weighted by molar-refractivity contribution is 5.97. The Morgan fingerprint density at radius 3 is 2.48 bits per heavy atom. The lowest BCUT2D eigenvalue weighted by atomic mass is 10.1. The van der Waals surface area contributed by atoms with Gasteiger partial charge in [0.05, 0.1) is 17.9 Å². The molecule has 0 radical (unpaired) electrons. The topological polar surface area (TPSA) is 84.2 Å². The van der Waals surface area contributed by atoms with E-state index in [9.17, 15) is 9.59 Å². The van der Waals surface area contributed by atoms with Gasteiger partial charge in [0, 0.05) is 12.4 Å². The molecule has 0 fully saturated rings. The van der Waals surface area contributed by atoms with E-state index in [4.69, 9.17) is 4.42 Å². The van der Waals surface area contributed by atoms with Gasteiger partial charge in [-0.25, -0.2) is 0 Å². The van der Waals surface area contributed by atoms with Crippen molar-refractivity contribution in [2.75, 3.05) is 0 Å². The Kier molecular flexibility index (Phi) is 4.71. The first kappa shape index (κ1) is 14.8. The molecule has 0 aliphatic carbocycles. The monoisotopic (exact) mass is 287 g/mol. The van der Waals surface area contributed by atoms with E-state index in [0.717, 1.165) is 5.56 Å². The normalized spacial score (nSPS) is 13.2. The third-order valence-corrected chi connectivity index (χ3v) is 3.09. The number of rotatable bonds is 5. The van der Waals surface area contributed by atoms with Crippen LogP contribution in [0.15, 0.2) is 47.5 Å². The molecule has 2 atom stereocenters. The Morgan fingerprint density at radius 1 is 1.14 bits per heavy atom. The maximum atomic E-state index is 12.1. The van der Waals surface area contributed by atoms with Gasteiger partial charge in [0.25, 0.3) is 5.91 Å². The van der Waals surface area contributed by atoms with Crippen molar-refractivity contribution in [2.45, 2.75) is 25.9 Å². The summed E-state index contributed by atoms with van der Waals surface area (Å²) in [5.41, 5.74) is 1.34. The number of amides is 2. The van der Waals surface area contributed by atoms with Gasteiger partial charge in [0.15, 0.2) is 0 Å². The molecule has 0 aromatic carbocycles. The van der Waals surface area contributed by atoms with Gasteiger partial charge < -0.3 is 15.1 Å². The summed E-state index contributed by atoms with van der Waals surface area (Å²) in [6, 6.07) is 4.41. The molecule has 2 amide bonds. The SMILES string of the molecule is CC(NC(=O)c1ccoc1)C(=O)NC(C)c1ccncc1. The molecule has 2 rings (SSSR count). The minimum Gasteiger partial charge on any atom is -0.472 e. The second-order valence-electron chi connectivity index (χ2n) is 4.72. The molecule has 6 heteroatoms. The lowest BCUT2D eigenvalue weighted by Gasteiger charge is -2.18. The van der Waals surface area contributed by atoms with Crippen LogP contribution in [-0.4, -0.2) is 22.8 Å². The maximum Gasteiger partial charge on any atom is 0.255 e. The van der Waals surface area contributed by atoms with Crippen LogP contribution in [-0.2, 0) is 4.79 Å². The summed E-state index contributed by atoms with van der Waals surface area (Å²) >= 11 is 0. The van der Waals surface area contributed by atoms with Crippen molar-refractivity contribution in [1.82, 2.24) is 15.6 Å². The molecule has 110 valence electrons. The third kappa shape index (κ3) is 3.92. The quantitative estimate of drug-likeness (QED) is 0.876. The van der Waals surface area contributed by atoms with E-state index in [2.05, 4.69) is 15.6 Å². The Bertz CT molecular complexity index is 596. The van der Waals surface area contributed by atoms with Crippen LogP contribution in [0.25, 0.3) is 0 Å². The molecule has 0 saturated carbocycles. The highest BCUT2D eigenvalue weighted by Crippen LogP contribution is 2.10. The summed E-state index contributed by atoms with van der Waals surface area (Å²) in [6.07, 6.45) is 6.08. The molecule has 0 aliphatic rings. The average Bonchev–Trinajstić information content (AvgIpc) is 3.02. The molecule has 0 bridgehead atoms. The van der Waals surface area contributed by atoms with Gasteiger partial charge in [-0.05, 0) is 37.6 Å². The van der Waals surface area contributed by atoms with Gasteiger partial charge in [-0.15, -0.1) is 0 Å². The lowest BCUT2D eigenvalue weighted by molar-refractivity contribution is -0.123. The van der Waals surface area contributed by atoms with E-state index < -0.39 is 6.04 Å². The number of nitrogens with one attached hydrogen (secondary N) is 2. The zero-order valence-corrected chi connectivity index (χ0v) is 11.9. The molecule has 2 heterocycles. The Hall–Kier alpha value is -2.63. The highest BCUT2D eigenvalue weighted by atomic mass is 16.3. The van der Waals surface area contributed by atoms with E-state index in [1.165, 1.54) is 12.5 Å². The van der Waals surface area contributed by atoms with E-state index in [0.29, 0.717) is 5.56 Å². The number of carbonyl (C=O) groups excluding carboxylic acids is 2. The summed E-state index contributed by atoms with van der Waals surface area (Å²) in [7, 11) is 0. The predicted octanol–water partition coefficient (Wildman–Crippen LogP) is 1.67. The van der Waals surface area contributed by atoms with Crippen molar-refractivity contribution < 1.29 is 14.0 Å². The first-order valence-corrected chi connectivity index (χ1v) is 6.61. The summed E-state index contributed by atoms with van der Waals surface area (Å²) < 4.78 is 4.83. The first-order chi connectivity index (χ1) is 10.1. The minimum atomic E-state index is -0.642. The standard InChI is InChI=1S/C15H17N3O3/c1-10(12-3-6-16-7-4-12)17-14(19)11(2)18-15(20)13-5-8-21-9-13/h3-11H,1-2H3,(H,17,19)(H,18,20). The molecular weight excluding hydrogens is 270 g/mol. The van der Waals surface area contributed by atoms with E-state index in [-0.39, 0.29) is 17.9 Å². The van der Waals surface area contributed by atoms with Crippen LogP contribution >= 0.6 is 0 Å². The van der Waals surface area contributed by atoms with Crippen molar-refractivity contribution >= 4 is 11.8 Å². The fourth-order valence-electron chi connectivity index (χ4n) is 1.81. The van der Waals surface area contributed by atoms with E-state index >= 15 is 0 Å². The fourth-order valence-corrected chi connectivity index (χ4v) is 1.81. The van der Waals surface area contributed by atoms with Crippen molar-refractivity contribution in [3.8, 4) is 0 Å². The number of nitrogens with zero attached hydrogens (tertiary/aromatic N) is 1. The number of pyridine rings is 1. The van der Waals surface area contributed by atoms with Crippen LogP contribution in [0.5, 0.6) is 0 Å². The van der Waals surface area contributed by atoms with Crippen molar-refractivity contribution in [1.29, 1.82) is 0 Å². The van der Waals surface area contributed by atoms with E-state index in [1.807, 2.05) is 19.1 Å². The highest BCUT2D eigenvalue weighted by Gasteiger charge is 2.19. The summed E-state index contributed by atoms with van der Waals surface area (Å²) in [5.74, 6) is -0.598. The van der Waals surface area contributed by atoms with Crippen LogP contribution in [0.4, 0.5) is 0 Å². The summed E-state index contributed by atoms with van der Waals surface area (Å²) in [4.78, 5) is 27.8. The Labute approximate surface area is 122 Å². The molecule has 0 saturated heterocycles. The number of hydrogen-bond donors (Lipinski definition) is 2. The van der Waals surface area contributed by atoms with Gasteiger partial charge in [-0.2, -0.15) is 0 Å². The van der Waals surface area contributed by atoms with Crippen LogP contribution in [0, 0.1) is 0 Å². The zero-order chi connectivity index (χ0) is 15.2. The van der Waals surface area contributed by atoms with Gasteiger partial charge in [-0.3, -0.25) is 14.6 Å². The van der Waals surface area contributed by atoms with Gasteiger partial charge in [0.1, 0.15) is 12.3 Å². The van der Waals surface area contributed by atoms with Crippen LogP contribution in [0.2, 0.25) is 0 Å². The second-order valence-corrected chi connectivity index (χ2v) is 4.72. The van der Waals surface area contributed by atoms with Crippen LogP contribution < -0.4 is 10.6 Å². The largest absolute Gasteiger partial charge is 0.472 e. The molecule has 21 heavy (non-hydrogen) atoms. The summed E-state index contributed by atoms with van der Waals surface area (Å²) in [6.45, 7) is 3.50. The maximum absolute atomic E-state index is 12.1. The molecular formula is C15H17N3O3. The zero-order valence-electron chi connectivity index (χ0n) is 11.9. The molecule has 6 nitrogen and oxygen atoms in total. The lowest BCUT2D eigenvalue weighted by Crippen LogP contribution is -2.45. The fraction of sp³-hybridized carbons (Fsp3) is 0.267. The predicted molar refractivity (Wildman–Crippen MR) is 76.4 cm³/mol. The number of carbonyl (C=O) groups is 2. The van der Waals surface area contributed by atoms with Gasteiger partial charge in [0.2, 0.25) is 5.91 Å². The smallest absolute Gasteiger partial charge is 0.255 e. The number of hydrogen-bond acceptors (Lipinski definition) is 4.